The Balaban J connectivity index is 2.24. The summed E-state index contributed by atoms with van der Waals surface area (Å²) in [7, 11) is 0. The summed E-state index contributed by atoms with van der Waals surface area (Å²) in [5, 5.41) is 0. The maximum absolute atomic E-state index is 14.0. The zero-order chi connectivity index (χ0) is 11.8. The van der Waals surface area contributed by atoms with E-state index >= 15 is 0 Å². The highest BCUT2D eigenvalue weighted by Gasteiger charge is 2.13. The SMILES string of the molecule is Fc1ccc(-c2nc3cnccn3c2F)cc1. The third-order valence-electron chi connectivity index (χ3n) is 2.49. The number of rotatable bonds is 1. The molecule has 0 atom stereocenters. The molecule has 3 rings (SSSR count). The topological polar surface area (TPSA) is 30.2 Å². The molecule has 3 nitrogen and oxygen atoms in total. The molecule has 0 unspecified atom stereocenters. The van der Waals surface area contributed by atoms with Crippen LogP contribution >= 0.6 is 0 Å². The van der Waals surface area contributed by atoms with E-state index in [-0.39, 0.29) is 11.5 Å². The minimum Gasteiger partial charge on any atom is -0.273 e. The summed E-state index contributed by atoms with van der Waals surface area (Å²) in [6.07, 6.45) is 4.44. The van der Waals surface area contributed by atoms with E-state index in [1.54, 1.807) is 0 Å². The van der Waals surface area contributed by atoms with Gasteiger partial charge in [0.15, 0.2) is 5.65 Å². The third kappa shape index (κ3) is 1.56. The molecule has 0 spiro atoms. The normalized spacial score (nSPS) is 10.9. The summed E-state index contributed by atoms with van der Waals surface area (Å²) in [5.74, 6) is -0.839. The molecule has 1 aromatic carbocycles. The average molecular weight is 231 g/mol. The van der Waals surface area contributed by atoms with Crippen molar-refractivity contribution >= 4 is 5.65 Å². The monoisotopic (exact) mass is 231 g/mol. The van der Waals surface area contributed by atoms with E-state index in [4.69, 9.17) is 0 Å². The van der Waals surface area contributed by atoms with E-state index in [2.05, 4.69) is 9.97 Å². The molecule has 0 saturated carbocycles. The second-order valence-electron chi connectivity index (χ2n) is 3.56. The Morgan fingerprint density at radius 1 is 1.06 bits per heavy atom. The molecule has 0 bridgehead atoms. The maximum atomic E-state index is 14.0. The van der Waals surface area contributed by atoms with Crippen LogP contribution in [0.25, 0.3) is 16.9 Å². The second kappa shape index (κ2) is 3.62. The van der Waals surface area contributed by atoms with E-state index in [0.29, 0.717) is 11.2 Å². The maximum Gasteiger partial charge on any atom is 0.226 e. The van der Waals surface area contributed by atoms with Crippen LogP contribution in [0.4, 0.5) is 8.78 Å². The summed E-state index contributed by atoms with van der Waals surface area (Å²) >= 11 is 0. The standard InChI is InChI=1S/C12H7F2N3/c13-9-3-1-8(2-4-9)11-12(14)17-6-5-15-7-10(17)16-11/h1-7H. The lowest BCUT2D eigenvalue weighted by atomic mass is 10.2. The molecule has 0 saturated heterocycles. The highest BCUT2D eigenvalue weighted by molar-refractivity contribution is 5.62. The molecule has 0 N–H and O–H groups in total. The number of fused-ring (bicyclic) bond motifs is 1. The third-order valence-corrected chi connectivity index (χ3v) is 2.49. The molecule has 0 amide bonds. The Morgan fingerprint density at radius 2 is 1.82 bits per heavy atom. The van der Waals surface area contributed by atoms with Crippen molar-refractivity contribution in [2.24, 2.45) is 0 Å². The van der Waals surface area contributed by atoms with Gasteiger partial charge in [-0.2, -0.15) is 4.39 Å². The van der Waals surface area contributed by atoms with Gasteiger partial charge in [0.1, 0.15) is 11.5 Å². The summed E-state index contributed by atoms with van der Waals surface area (Å²) in [6, 6.07) is 5.54. The Kier molecular flexibility index (Phi) is 2.11. The van der Waals surface area contributed by atoms with E-state index in [0.717, 1.165) is 0 Å². The van der Waals surface area contributed by atoms with Gasteiger partial charge in [-0.25, -0.2) is 9.37 Å². The molecule has 0 radical (unpaired) electrons. The predicted octanol–water partition coefficient (Wildman–Crippen LogP) is 2.67. The van der Waals surface area contributed by atoms with Crippen LogP contribution in [0.15, 0.2) is 42.9 Å². The summed E-state index contributed by atoms with van der Waals surface area (Å²) in [6.45, 7) is 0. The van der Waals surface area contributed by atoms with Crippen molar-refractivity contribution in [2.75, 3.05) is 0 Å². The van der Waals surface area contributed by atoms with E-state index in [9.17, 15) is 8.78 Å². The van der Waals surface area contributed by atoms with Gasteiger partial charge in [-0.15, -0.1) is 0 Å². The molecular weight excluding hydrogens is 224 g/mol. The van der Waals surface area contributed by atoms with Gasteiger partial charge < -0.3 is 0 Å². The first-order valence-corrected chi connectivity index (χ1v) is 4.99. The van der Waals surface area contributed by atoms with Gasteiger partial charge in [-0.05, 0) is 24.3 Å². The van der Waals surface area contributed by atoms with Crippen molar-refractivity contribution in [1.29, 1.82) is 0 Å². The zero-order valence-corrected chi connectivity index (χ0v) is 8.64. The lowest BCUT2D eigenvalue weighted by Gasteiger charge is -1.96. The smallest absolute Gasteiger partial charge is 0.226 e. The average Bonchev–Trinajstić information content (AvgIpc) is 2.69. The van der Waals surface area contributed by atoms with Gasteiger partial charge >= 0.3 is 0 Å². The van der Waals surface area contributed by atoms with Crippen molar-refractivity contribution in [3.63, 3.8) is 0 Å². The summed E-state index contributed by atoms with van der Waals surface area (Å²) < 4.78 is 28.1. The fraction of sp³-hybridized carbons (Fsp3) is 0. The zero-order valence-electron chi connectivity index (χ0n) is 8.64. The quantitative estimate of drug-likeness (QED) is 0.644. The minimum absolute atomic E-state index is 0.193. The van der Waals surface area contributed by atoms with Crippen molar-refractivity contribution in [1.82, 2.24) is 14.4 Å². The van der Waals surface area contributed by atoms with Crippen LogP contribution in [0.3, 0.4) is 0 Å². The van der Waals surface area contributed by atoms with E-state index in [1.807, 2.05) is 0 Å². The molecule has 17 heavy (non-hydrogen) atoms. The largest absolute Gasteiger partial charge is 0.273 e. The number of halogens is 2. The second-order valence-corrected chi connectivity index (χ2v) is 3.56. The molecule has 3 aromatic rings. The number of hydrogen-bond donors (Lipinski definition) is 0. The minimum atomic E-state index is -0.478. The predicted molar refractivity (Wildman–Crippen MR) is 58.3 cm³/mol. The Bertz CT molecular complexity index is 674. The van der Waals surface area contributed by atoms with Crippen molar-refractivity contribution in [3.05, 3.63) is 54.6 Å². The summed E-state index contributed by atoms with van der Waals surface area (Å²) in [4.78, 5) is 7.98. The van der Waals surface area contributed by atoms with Crippen molar-refractivity contribution in [2.45, 2.75) is 0 Å². The number of hydrogen-bond acceptors (Lipinski definition) is 2. The first kappa shape index (κ1) is 9.89. The van der Waals surface area contributed by atoms with Crippen LogP contribution in [-0.2, 0) is 0 Å². The molecule has 0 aliphatic heterocycles. The van der Waals surface area contributed by atoms with E-state index in [1.165, 1.54) is 47.3 Å². The van der Waals surface area contributed by atoms with Gasteiger partial charge in [0.25, 0.3) is 0 Å². The fourth-order valence-corrected chi connectivity index (χ4v) is 1.67. The van der Waals surface area contributed by atoms with Crippen LogP contribution in [0.1, 0.15) is 0 Å². The van der Waals surface area contributed by atoms with Crippen LogP contribution in [0, 0.1) is 11.8 Å². The molecule has 2 heterocycles. The highest BCUT2D eigenvalue weighted by atomic mass is 19.1. The van der Waals surface area contributed by atoms with Crippen LogP contribution in [0.2, 0.25) is 0 Å². The lowest BCUT2D eigenvalue weighted by Crippen LogP contribution is -1.88. The number of nitrogens with zero attached hydrogens (tertiary/aromatic N) is 3. The van der Waals surface area contributed by atoms with Crippen LogP contribution in [-0.4, -0.2) is 14.4 Å². The molecular formula is C12H7F2N3. The van der Waals surface area contributed by atoms with Gasteiger partial charge in [0.05, 0.1) is 6.20 Å². The molecule has 0 aliphatic rings. The van der Waals surface area contributed by atoms with Crippen molar-refractivity contribution < 1.29 is 8.78 Å². The molecule has 0 fully saturated rings. The first-order valence-electron chi connectivity index (χ1n) is 4.99. The van der Waals surface area contributed by atoms with Crippen molar-refractivity contribution in [3.8, 4) is 11.3 Å². The molecule has 0 aliphatic carbocycles. The Labute approximate surface area is 95.4 Å². The molecule has 2 aromatic heterocycles. The number of benzene rings is 1. The Morgan fingerprint density at radius 3 is 2.53 bits per heavy atom. The Hall–Kier alpha value is -2.30. The van der Waals surface area contributed by atoms with Crippen LogP contribution in [0.5, 0.6) is 0 Å². The lowest BCUT2D eigenvalue weighted by molar-refractivity contribution is 0.575. The highest BCUT2D eigenvalue weighted by Crippen LogP contribution is 2.22. The van der Waals surface area contributed by atoms with Gasteiger partial charge in [-0.3, -0.25) is 9.38 Å². The molecule has 5 heteroatoms. The van der Waals surface area contributed by atoms with Gasteiger partial charge in [-0.1, -0.05) is 0 Å². The van der Waals surface area contributed by atoms with Crippen LogP contribution < -0.4 is 0 Å². The van der Waals surface area contributed by atoms with E-state index < -0.39 is 5.95 Å². The first-order chi connectivity index (χ1) is 8.25. The van der Waals surface area contributed by atoms with Gasteiger partial charge in [0.2, 0.25) is 5.95 Å². The number of aromatic nitrogens is 3. The number of imidazole rings is 1. The van der Waals surface area contributed by atoms with Gasteiger partial charge in [0, 0.05) is 18.0 Å². The fourth-order valence-electron chi connectivity index (χ4n) is 1.67. The molecule has 84 valence electrons. The summed E-state index contributed by atoms with van der Waals surface area (Å²) in [5.41, 5.74) is 1.15.